The number of nitrogens with two attached hydrogens (primary N) is 1. The molecule has 1 aromatic heterocycles. The molecule has 0 saturated carbocycles. The number of rotatable bonds is 1. The molecule has 7 heteroatoms. The lowest BCUT2D eigenvalue weighted by Crippen LogP contribution is -2.15. The first-order valence-corrected chi connectivity index (χ1v) is 5.33. The van der Waals surface area contributed by atoms with Crippen molar-refractivity contribution in [3.63, 3.8) is 0 Å². The highest BCUT2D eigenvalue weighted by atomic mass is 19.4. The van der Waals surface area contributed by atoms with Crippen molar-refractivity contribution in [2.24, 2.45) is 0 Å². The summed E-state index contributed by atoms with van der Waals surface area (Å²) in [5.74, 6) is 0.00959. The number of hydrogen-bond acceptors (Lipinski definition) is 3. The molecule has 0 spiro atoms. The Morgan fingerprint density at radius 3 is 2.58 bits per heavy atom. The van der Waals surface area contributed by atoms with E-state index in [9.17, 15) is 18.0 Å². The summed E-state index contributed by atoms with van der Waals surface area (Å²) in [6, 6.07) is 4.52. The standard InChI is InChI=1S/C12H10F3N3O/c1-6-9(16)17-10(18-11(6)19)7-3-2-4-8(5-7)12(13,14)15/h2-5H,1H3,(H3,16,17,18,19). The van der Waals surface area contributed by atoms with Crippen LogP contribution in [0.5, 0.6) is 0 Å². The van der Waals surface area contributed by atoms with Crippen LogP contribution in [0.25, 0.3) is 11.4 Å². The third-order valence-corrected chi connectivity index (χ3v) is 2.65. The fourth-order valence-corrected chi connectivity index (χ4v) is 1.53. The van der Waals surface area contributed by atoms with Crippen molar-refractivity contribution in [3.05, 3.63) is 45.7 Å². The summed E-state index contributed by atoms with van der Waals surface area (Å²) in [5, 5.41) is 0. The fourth-order valence-electron chi connectivity index (χ4n) is 1.53. The lowest BCUT2D eigenvalue weighted by molar-refractivity contribution is -0.137. The number of nitrogen functional groups attached to an aromatic ring is 1. The van der Waals surface area contributed by atoms with Gasteiger partial charge in [-0.1, -0.05) is 12.1 Å². The number of alkyl halides is 3. The number of anilines is 1. The number of benzene rings is 1. The molecule has 4 nitrogen and oxygen atoms in total. The first kappa shape index (κ1) is 13.1. The van der Waals surface area contributed by atoms with Crippen molar-refractivity contribution in [1.29, 1.82) is 0 Å². The van der Waals surface area contributed by atoms with Gasteiger partial charge in [-0.25, -0.2) is 4.98 Å². The summed E-state index contributed by atoms with van der Waals surface area (Å²) in [6.45, 7) is 1.48. The largest absolute Gasteiger partial charge is 0.416 e. The van der Waals surface area contributed by atoms with E-state index in [1.165, 1.54) is 19.1 Å². The molecule has 0 saturated heterocycles. The summed E-state index contributed by atoms with van der Waals surface area (Å²) in [4.78, 5) is 17.8. The molecule has 19 heavy (non-hydrogen) atoms. The Morgan fingerprint density at radius 1 is 1.32 bits per heavy atom. The second kappa shape index (κ2) is 4.42. The zero-order chi connectivity index (χ0) is 14.2. The van der Waals surface area contributed by atoms with Crippen LogP contribution in [0.1, 0.15) is 11.1 Å². The third-order valence-electron chi connectivity index (χ3n) is 2.65. The highest BCUT2D eigenvalue weighted by molar-refractivity contribution is 5.58. The van der Waals surface area contributed by atoms with E-state index in [1.54, 1.807) is 0 Å². The van der Waals surface area contributed by atoms with Crippen LogP contribution in [-0.4, -0.2) is 9.97 Å². The lowest BCUT2D eigenvalue weighted by atomic mass is 10.1. The Hall–Kier alpha value is -2.31. The van der Waals surface area contributed by atoms with Crippen molar-refractivity contribution >= 4 is 5.82 Å². The molecule has 0 atom stereocenters. The molecule has 0 unspecified atom stereocenters. The predicted octanol–water partition coefficient (Wildman–Crippen LogP) is 2.35. The van der Waals surface area contributed by atoms with E-state index in [-0.39, 0.29) is 22.8 Å². The molecule has 0 fully saturated rings. The van der Waals surface area contributed by atoms with Crippen LogP contribution < -0.4 is 11.3 Å². The van der Waals surface area contributed by atoms with Gasteiger partial charge in [-0.05, 0) is 19.1 Å². The molecular weight excluding hydrogens is 259 g/mol. The molecule has 0 bridgehead atoms. The van der Waals surface area contributed by atoms with Crippen molar-refractivity contribution in [2.75, 3.05) is 5.73 Å². The summed E-state index contributed by atoms with van der Waals surface area (Å²) < 4.78 is 37.8. The van der Waals surface area contributed by atoms with E-state index < -0.39 is 17.3 Å². The second-order valence-corrected chi connectivity index (χ2v) is 4.00. The number of hydrogen-bond donors (Lipinski definition) is 2. The number of aromatic amines is 1. The van der Waals surface area contributed by atoms with E-state index in [1.807, 2.05) is 0 Å². The molecule has 100 valence electrons. The minimum atomic E-state index is -4.45. The minimum absolute atomic E-state index is 0.00355. The first-order valence-electron chi connectivity index (χ1n) is 5.33. The van der Waals surface area contributed by atoms with Crippen LogP contribution in [0.4, 0.5) is 19.0 Å². The molecule has 0 radical (unpaired) electrons. The van der Waals surface area contributed by atoms with Gasteiger partial charge in [0.05, 0.1) is 11.1 Å². The SMILES string of the molecule is Cc1c(N)nc(-c2cccc(C(F)(F)F)c2)[nH]c1=O. The summed E-state index contributed by atoms with van der Waals surface area (Å²) in [5.41, 5.74) is 4.63. The van der Waals surface area contributed by atoms with Crippen LogP contribution in [0, 0.1) is 6.92 Å². The number of nitrogens with zero attached hydrogens (tertiary/aromatic N) is 1. The maximum atomic E-state index is 12.6. The third kappa shape index (κ3) is 2.59. The Balaban J connectivity index is 2.57. The molecule has 0 amide bonds. The molecular formula is C12H10F3N3O. The number of aromatic nitrogens is 2. The molecule has 0 aliphatic carbocycles. The van der Waals surface area contributed by atoms with E-state index in [0.717, 1.165) is 12.1 Å². The maximum Gasteiger partial charge on any atom is 0.416 e. The molecule has 0 aliphatic rings. The molecule has 1 heterocycles. The van der Waals surface area contributed by atoms with Crippen LogP contribution in [-0.2, 0) is 6.18 Å². The van der Waals surface area contributed by atoms with Crippen molar-refractivity contribution in [1.82, 2.24) is 9.97 Å². The van der Waals surface area contributed by atoms with Crippen molar-refractivity contribution in [2.45, 2.75) is 13.1 Å². The van der Waals surface area contributed by atoms with Crippen LogP contribution in [0.3, 0.4) is 0 Å². The van der Waals surface area contributed by atoms with Gasteiger partial charge in [0.1, 0.15) is 11.6 Å². The quantitative estimate of drug-likeness (QED) is 0.834. The average Bonchev–Trinajstić information content (AvgIpc) is 2.34. The number of H-pyrrole nitrogens is 1. The van der Waals surface area contributed by atoms with Crippen LogP contribution in [0.15, 0.2) is 29.1 Å². The smallest absolute Gasteiger partial charge is 0.383 e. The molecule has 1 aromatic carbocycles. The molecule has 2 rings (SSSR count). The summed E-state index contributed by atoms with van der Waals surface area (Å²) in [7, 11) is 0. The normalized spacial score (nSPS) is 11.6. The van der Waals surface area contributed by atoms with Gasteiger partial charge in [0.25, 0.3) is 5.56 Å². The average molecular weight is 269 g/mol. The highest BCUT2D eigenvalue weighted by Gasteiger charge is 2.30. The van der Waals surface area contributed by atoms with Crippen LogP contribution in [0.2, 0.25) is 0 Å². The zero-order valence-electron chi connectivity index (χ0n) is 9.88. The van der Waals surface area contributed by atoms with Crippen LogP contribution >= 0.6 is 0 Å². The van der Waals surface area contributed by atoms with Gasteiger partial charge in [-0.15, -0.1) is 0 Å². The predicted molar refractivity (Wildman–Crippen MR) is 64.4 cm³/mol. The van der Waals surface area contributed by atoms with E-state index in [2.05, 4.69) is 9.97 Å². The van der Waals surface area contributed by atoms with E-state index in [0.29, 0.717) is 0 Å². The van der Waals surface area contributed by atoms with Gasteiger partial charge in [-0.3, -0.25) is 4.79 Å². The molecule has 3 N–H and O–H groups in total. The van der Waals surface area contributed by atoms with Gasteiger partial charge in [-0.2, -0.15) is 13.2 Å². The monoisotopic (exact) mass is 269 g/mol. The maximum absolute atomic E-state index is 12.6. The van der Waals surface area contributed by atoms with Gasteiger partial charge in [0, 0.05) is 5.56 Å². The van der Waals surface area contributed by atoms with Gasteiger partial charge in [0.15, 0.2) is 0 Å². The summed E-state index contributed by atoms with van der Waals surface area (Å²) >= 11 is 0. The van der Waals surface area contributed by atoms with E-state index in [4.69, 9.17) is 5.73 Å². The van der Waals surface area contributed by atoms with Crippen molar-refractivity contribution in [3.8, 4) is 11.4 Å². The van der Waals surface area contributed by atoms with Gasteiger partial charge < -0.3 is 10.7 Å². The second-order valence-electron chi connectivity index (χ2n) is 4.00. The number of halogens is 3. The lowest BCUT2D eigenvalue weighted by Gasteiger charge is -2.09. The molecule has 0 aliphatic heterocycles. The Bertz CT molecular complexity index is 677. The summed E-state index contributed by atoms with van der Waals surface area (Å²) in [6.07, 6.45) is -4.45. The first-order chi connectivity index (χ1) is 8.79. The fraction of sp³-hybridized carbons (Fsp3) is 0.167. The van der Waals surface area contributed by atoms with Gasteiger partial charge in [0.2, 0.25) is 0 Å². The minimum Gasteiger partial charge on any atom is -0.383 e. The van der Waals surface area contributed by atoms with Crippen molar-refractivity contribution < 1.29 is 13.2 Å². The highest BCUT2D eigenvalue weighted by Crippen LogP contribution is 2.31. The Labute approximate surface area is 106 Å². The van der Waals surface area contributed by atoms with Gasteiger partial charge >= 0.3 is 6.18 Å². The zero-order valence-corrected chi connectivity index (χ0v) is 9.88. The Kier molecular flexibility index (Phi) is 3.05. The number of nitrogens with one attached hydrogen (secondary N) is 1. The topological polar surface area (TPSA) is 71.8 Å². The Morgan fingerprint density at radius 2 is 2.00 bits per heavy atom. The molecule has 2 aromatic rings. The van der Waals surface area contributed by atoms with E-state index >= 15 is 0 Å².